The van der Waals surface area contributed by atoms with Crippen molar-refractivity contribution in [1.29, 1.82) is 0 Å². The lowest BCUT2D eigenvalue weighted by atomic mass is 10.1. The summed E-state index contributed by atoms with van der Waals surface area (Å²) in [6.45, 7) is 1.33. The average molecular weight is 601 g/mol. The van der Waals surface area contributed by atoms with E-state index < -0.39 is 6.09 Å². The molecule has 1 aliphatic heterocycles. The third-order valence-electron chi connectivity index (χ3n) is 4.54. The summed E-state index contributed by atoms with van der Waals surface area (Å²) in [5.74, 6) is 0.707. The smallest absolute Gasteiger partial charge is 0.411 e. The van der Waals surface area contributed by atoms with Crippen molar-refractivity contribution < 1.29 is 19.4 Å². The first-order chi connectivity index (χ1) is 13.6. The van der Waals surface area contributed by atoms with Gasteiger partial charge in [-0.2, -0.15) is 0 Å². The summed E-state index contributed by atoms with van der Waals surface area (Å²) in [6, 6.07) is 17.9. The summed E-state index contributed by atoms with van der Waals surface area (Å²) in [6.07, 6.45) is -1.03. The summed E-state index contributed by atoms with van der Waals surface area (Å²) in [7, 11) is 0. The van der Waals surface area contributed by atoms with E-state index in [2.05, 4.69) is 45.2 Å². The van der Waals surface area contributed by atoms with Gasteiger partial charge in [0.2, 0.25) is 0 Å². The molecule has 1 atom stereocenters. The van der Waals surface area contributed by atoms with Crippen LogP contribution in [0, 0.1) is 7.14 Å². The summed E-state index contributed by atoms with van der Waals surface area (Å²) in [5.41, 5.74) is 1.72. The van der Waals surface area contributed by atoms with Crippen molar-refractivity contribution in [2.45, 2.75) is 12.7 Å². The van der Waals surface area contributed by atoms with Gasteiger partial charge in [0.05, 0.1) is 28.5 Å². The number of anilines is 1. The van der Waals surface area contributed by atoms with Gasteiger partial charge >= 0.3 is 6.09 Å². The van der Waals surface area contributed by atoms with Crippen LogP contribution in [0.15, 0.2) is 54.6 Å². The van der Waals surface area contributed by atoms with Gasteiger partial charge in [-0.1, -0.05) is 54.6 Å². The molecule has 1 saturated heterocycles. The molecule has 1 aliphatic rings. The zero-order valence-corrected chi connectivity index (χ0v) is 19.1. The standard InChI is InChI=1S/C21H17I2NO4/c22-17-15-8-4-5-9-16(15)20(28-11-13-6-2-1-3-7-13)18(23)19(17)24(21(25)26)10-14-12-27-14/h1-9,14H,10-12H2,(H,25,26). The van der Waals surface area contributed by atoms with E-state index in [-0.39, 0.29) is 6.10 Å². The Hall–Kier alpha value is -1.59. The number of amides is 1. The molecule has 1 heterocycles. The van der Waals surface area contributed by atoms with Crippen molar-refractivity contribution in [3.8, 4) is 5.75 Å². The van der Waals surface area contributed by atoms with Crippen LogP contribution in [0.2, 0.25) is 0 Å². The third-order valence-corrected chi connectivity index (χ3v) is 6.63. The van der Waals surface area contributed by atoms with Gasteiger partial charge in [-0.3, -0.25) is 4.90 Å². The normalized spacial score (nSPS) is 15.4. The van der Waals surface area contributed by atoms with Gasteiger partial charge < -0.3 is 14.6 Å². The van der Waals surface area contributed by atoms with E-state index in [0.29, 0.717) is 31.2 Å². The molecule has 1 amide bonds. The second-order valence-electron chi connectivity index (χ2n) is 6.47. The van der Waals surface area contributed by atoms with E-state index >= 15 is 0 Å². The van der Waals surface area contributed by atoms with Gasteiger partial charge in [0.15, 0.2) is 0 Å². The van der Waals surface area contributed by atoms with Crippen LogP contribution < -0.4 is 9.64 Å². The van der Waals surface area contributed by atoms with Gasteiger partial charge in [0, 0.05) is 14.3 Å². The molecule has 0 aliphatic carbocycles. The number of carboxylic acid groups (broad SMARTS) is 1. The molecule has 0 saturated carbocycles. The molecule has 144 valence electrons. The third kappa shape index (κ3) is 4.06. The minimum Gasteiger partial charge on any atom is -0.487 e. The number of epoxide rings is 1. The molecule has 4 rings (SSSR count). The van der Waals surface area contributed by atoms with Crippen LogP contribution in [0.1, 0.15) is 5.56 Å². The maximum atomic E-state index is 12.0. The molecule has 1 N–H and O–H groups in total. The SMILES string of the molecule is O=C(O)N(CC1CO1)c1c(I)c(OCc2ccccc2)c2ccccc2c1I. The summed E-state index contributed by atoms with van der Waals surface area (Å²) in [4.78, 5) is 13.4. The number of carbonyl (C=O) groups is 1. The quantitative estimate of drug-likeness (QED) is 0.299. The van der Waals surface area contributed by atoms with E-state index in [1.54, 1.807) is 0 Å². The van der Waals surface area contributed by atoms with Crippen molar-refractivity contribution >= 4 is 67.7 Å². The highest BCUT2D eigenvalue weighted by atomic mass is 127. The van der Waals surface area contributed by atoms with Crippen LogP contribution in [0.5, 0.6) is 5.75 Å². The van der Waals surface area contributed by atoms with Crippen LogP contribution in [0.25, 0.3) is 10.8 Å². The van der Waals surface area contributed by atoms with Gasteiger partial charge in [-0.15, -0.1) is 0 Å². The maximum Gasteiger partial charge on any atom is 0.411 e. The van der Waals surface area contributed by atoms with E-state index in [9.17, 15) is 9.90 Å². The number of ether oxygens (including phenoxy) is 2. The van der Waals surface area contributed by atoms with Crippen LogP contribution in [-0.4, -0.2) is 30.5 Å². The van der Waals surface area contributed by atoms with Crippen LogP contribution in [-0.2, 0) is 11.3 Å². The van der Waals surface area contributed by atoms with Gasteiger partial charge in [-0.05, 0) is 50.7 Å². The molecular weight excluding hydrogens is 584 g/mol. The Bertz CT molecular complexity index is 1020. The number of fused-ring (bicyclic) bond motifs is 1. The van der Waals surface area contributed by atoms with Gasteiger partial charge in [0.1, 0.15) is 12.4 Å². The number of hydrogen-bond donors (Lipinski definition) is 1. The van der Waals surface area contributed by atoms with Gasteiger partial charge in [0.25, 0.3) is 0 Å². The molecule has 28 heavy (non-hydrogen) atoms. The Morgan fingerprint density at radius 1 is 1.07 bits per heavy atom. The first kappa shape index (κ1) is 19.7. The molecule has 7 heteroatoms. The Morgan fingerprint density at radius 3 is 2.36 bits per heavy atom. The van der Waals surface area contributed by atoms with Crippen molar-refractivity contribution in [3.05, 3.63) is 67.3 Å². The highest BCUT2D eigenvalue weighted by Crippen LogP contribution is 2.43. The second kappa shape index (κ2) is 8.42. The van der Waals surface area contributed by atoms with Crippen LogP contribution in [0.4, 0.5) is 10.5 Å². The lowest BCUT2D eigenvalue weighted by Crippen LogP contribution is -2.34. The van der Waals surface area contributed by atoms with Crippen molar-refractivity contribution in [1.82, 2.24) is 0 Å². The Balaban J connectivity index is 1.82. The largest absolute Gasteiger partial charge is 0.487 e. The fraction of sp³-hybridized carbons (Fsp3) is 0.190. The van der Waals surface area contributed by atoms with E-state index in [1.807, 2.05) is 54.6 Å². The number of hydrogen-bond acceptors (Lipinski definition) is 3. The summed E-state index contributed by atoms with van der Waals surface area (Å²) >= 11 is 4.43. The zero-order chi connectivity index (χ0) is 19.7. The van der Waals surface area contributed by atoms with Crippen molar-refractivity contribution in [2.75, 3.05) is 18.1 Å². The molecule has 0 aromatic heterocycles. The molecule has 0 bridgehead atoms. The number of nitrogens with zero attached hydrogens (tertiary/aromatic N) is 1. The summed E-state index contributed by atoms with van der Waals surface area (Å²) in [5, 5.41) is 11.8. The van der Waals surface area contributed by atoms with E-state index in [0.717, 1.165) is 23.5 Å². The molecule has 0 spiro atoms. The topological polar surface area (TPSA) is 62.3 Å². The lowest BCUT2D eigenvalue weighted by molar-refractivity contribution is 0.200. The predicted molar refractivity (Wildman–Crippen MR) is 125 cm³/mol. The zero-order valence-electron chi connectivity index (χ0n) is 14.8. The number of rotatable bonds is 6. The molecule has 3 aromatic carbocycles. The minimum absolute atomic E-state index is 0.0390. The van der Waals surface area contributed by atoms with Gasteiger partial charge in [-0.25, -0.2) is 4.79 Å². The highest BCUT2D eigenvalue weighted by molar-refractivity contribution is 14.1. The summed E-state index contributed by atoms with van der Waals surface area (Å²) < 4.78 is 13.2. The maximum absolute atomic E-state index is 12.0. The molecule has 1 fully saturated rings. The van der Waals surface area contributed by atoms with Crippen molar-refractivity contribution in [3.63, 3.8) is 0 Å². The fourth-order valence-corrected chi connectivity index (χ4v) is 5.63. The minimum atomic E-state index is -0.990. The first-order valence-corrected chi connectivity index (χ1v) is 10.9. The predicted octanol–water partition coefficient (Wildman–Crippen LogP) is 5.51. The number of halogens is 2. The number of benzene rings is 3. The fourth-order valence-electron chi connectivity index (χ4n) is 3.07. The molecule has 1 unspecified atom stereocenters. The highest BCUT2D eigenvalue weighted by Gasteiger charge is 2.32. The van der Waals surface area contributed by atoms with Crippen molar-refractivity contribution in [2.24, 2.45) is 0 Å². The molecule has 3 aromatic rings. The second-order valence-corrected chi connectivity index (χ2v) is 8.63. The first-order valence-electron chi connectivity index (χ1n) is 8.74. The Morgan fingerprint density at radius 2 is 1.71 bits per heavy atom. The van der Waals surface area contributed by atoms with Crippen LogP contribution >= 0.6 is 45.2 Å². The van der Waals surface area contributed by atoms with E-state index in [4.69, 9.17) is 9.47 Å². The molecular formula is C21H17I2NO4. The lowest BCUT2D eigenvalue weighted by Gasteiger charge is -2.24. The average Bonchev–Trinajstić information content (AvgIpc) is 3.52. The van der Waals surface area contributed by atoms with Crippen LogP contribution in [0.3, 0.4) is 0 Å². The van der Waals surface area contributed by atoms with E-state index in [1.165, 1.54) is 4.90 Å². The Kier molecular flexibility index (Phi) is 5.93. The monoisotopic (exact) mass is 601 g/mol. The Labute approximate surface area is 189 Å². The molecule has 5 nitrogen and oxygen atoms in total. The molecule has 0 radical (unpaired) electrons.